The van der Waals surface area contributed by atoms with Gasteiger partial charge < -0.3 is 14.5 Å². The van der Waals surface area contributed by atoms with E-state index in [4.69, 9.17) is 16.3 Å². The molecule has 0 bridgehead atoms. The van der Waals surface area contributed by atoms with Gasteiger partial charge in [0.2, 0.25) is 21.8 Å². The van der Waals surface area contributed by atoms with Crippen LogP contribution in [0.4, 0.5) is 0 Å². The lowest BCUT2D eigenvalue weighted by molar-refractivity contribution is -0.143. The van der Waals surface area contributed by atoms with Crippen molar-refractivity contribution in [1.82, 2.24) is 14.5 Å². The Hall–Kier alpha value is -1.68. The quantitative estimate of drug-likeness (QED) is 0.710. The van der Waals surface area contributed by atoms with Gasteiger partial charge in [0.15, 0.2) is 0 Å². The first kappa shape index (κ1) is 22.0. The fraction of sp³-hybridized carbons (Fsp3) is 0.579. The van der Waals surface area contributed by atoms with Crippen molar-refractivity contribution in [3.63, 3.8) is 0 Å². The normalized spacial score (nSPS) is 20.5. The van der Waals surface area contributed by atoms with Gasteiger partial charge in [-0.05, 0) is 25.0 Å². The molecular formula is C19H26ClN3O5S. The third kappa shape index (κ3) is 5.69. The van der Waals surface area contributed by atoms with E-state index in [-0.39, 0.29) is 40.6 Å². The van der Waals surface area contributed by atoms with Gasteiger partial charge in [-0.15, -0.1) is 0 Å². The molecule has 1 atom stereocenters. The first-order chi connectivity index (χ1) is 13.9. The van der Waals surface area contributed by atoms with Crippen LogP contribution in [-0.2, 0) is 24.3 Å². The van der Waals surface area contributed by atoms with Crippen molar-refractivity contribution < 1.29 is 22.7 Å². The van der Waals surface area contributed by atoms with E-state index in [1.807, 2.05) is 0 Å². The number of rotatable bonds is 6. The van der Waals surface area contributed by atoms with Crippen LogP contribution < -0.4 is 4.72 Å². The van der Waals surface area contributed by atoms with Gasteiger partial charge in [-0.25, -0.2) is 13.1 Å². The maximum absolute atomic E-state index is 12.7. The third-order valence-electron chi connectivity index (χ3n) is 5.20. The second kappa shape index (κ2) is 9.88. The van der Waals surface area contributed by atoms with Crippen molar-refractivity contribution in [2.45, 2.75) is 24.2 Å². The van der Waals surface area contributed by atoms with Gasteiger partial charge in [-0.3, -0.25) is 9.59 Å². The Labute approximate surface area is 176 Å². The van der Waals surface area contributed by atoms with Crippen molar-refractivity contribution >= 4 is 33.4 Å². The van der Waals surface area contributed by atoms with Gasteiger partial charge >= 0.3 is 0 Å². The van der Waals surface area contributed by atoms with E-state index < -0.39 is 10.0 Å². The van der Waals surface area contributed by atoms with Crippen LogP contribution in [0.5, 0.6) is 0 Å². The number of amides is 2. The number of hydrogen-bond donors (Lipinski definition) is 1. The number of benzene rings is 1. The van der Waals surface area contributed by atoms with Crippen molar-refractivity contribution in [1.29, 1.82) is 0 Å². The standard InChI is InChI=1S/C19H26ClN3O5S/c20-16-5-1-2-6-17(16)29(26,27)21-8-7-18(24)23-9-3-4-15(14-23)19(25)22-10-12-28-13-11-22/h1-2,5-6,15,21H,3-4,7-14H2. The zero-order chi connectivity index (χ0) is 20.9. The number of morpholine rings is 1. The molecule has 1 aromatic rings. The molecule has 0 radical (unpaired) electrons. The molecule has 1 N–H and O–H groups in total. The Bertz CT molecular complexity index is 842. The van der Waals surface area contributed by atoms with E-state index >= 15 is 0 Å². The van der Waals surface area contributed by atoms with Crippen LogP contribution >= 0.6 is 11.6 Å². The molecule has 2 amide bonds. The number of piperidine rings is 1. The summed E-state index contributed by atoms with van der Waals surface area (Å²) in [4.78, 5) is 28.7. The van der Waals surface area contributed by atoms with Gasteiger partial charge in [-0.2, -0.15) is 0 Å². The molecule has 3 rings (SSSR count). The second-order valence-corrected chi connectivity index (χ2v) is 9.34. The van der Waals surface area contributed by atoms with E-state index in [2.05, 4.69) is 4.72 Å². The lowest BCUT2D eigenvalue weighted by Gasteiger charge is -2.36. The molecule has 2 saturated heterocycles. The Morgan fingerprint density at radius 2 is 1.86 bits per heavy atom. The molecule has 1 aromatic carbocycles. The number of carbonyl (C=O) groups is 2. The number of carbonyl (C=O) groups excluding carboxylic acids is 2. The lowest BCUT2D eigenvalue weighted by atomic mass is 9.96. The summed E-state index contributed by atoms with van der Waals surface area (Å²) in [6.45, 7) is 3.22. The molecule has 10 heteroatoms. The topological polar surface area (TPSA) is 96.0 Å². The minimum Gasteiger partial charge on any atom is -0.378 e. The lowest BCUT2D eigenvalue weighted by Crippen LogP contribution is -2.49. The summed E-state index contributed by atoms with van der Waals surface area (Å²) in [7, 11) is -3.78. The fourth-order valence-electron chi connectivity index (χ4n) is 3.64. The number of sulfonamides is 1. The zero-order valence-electron chi connectivity index (χ0n) is 16.2. The number of likely N-dealkylation sites (tertiary alicyclic amines) is 1. The van der Waals surface area contributed by atoms with Crippen LogP contribution in [0.1, 0.15) is 19.3 Å². The Morgan fingerprint density at radius 3 is 2.59 bits per heavy atom. The molecule has 2 aliphatic heterocycles. The van der Waals surface area contributed by atoms with E-state index in [0.717, 1.165) is 12.8 Å². The third-order valence-corrected chi connectivity index (χ3v) is 7.16. The van der Waals surface area contributed by atoms with Crippen molar-refractivity contribution in [2.24, 2.45) is 5.92 Å². The largest absolute Gasteiger partial charge is 0.378 e. The van der Waals surface area contributed by atoms with Gasteiger partial charge in [0.25, 0.3) is 0 Å². The molecule has 160 valence electrons. The van der Waals surface area contributed by atoms with Crippen molar-refractivity contribution in [3.8, 4) is 0 Å². The van der Waals surface area contributed by atoms with Crippen LogP contribution in [0.15, 0.2) is 29.2 Å². The predicted octanol–water partition coefficient (Wildman–Crippen LogP) is 1.11. The molecule has 0 aromatic heterocycles. The van der Waals surface area contributed by atoms with Crippen molar-refractivity contribution in [2.75, 3.05) is 45.9 Å². The molecule has 0 saturated carbocycles. The summed E-state index contributed by atoms with van der Waals surface area (Å²) in [6.07, 6.45) is 1.55. The van der Waals surface area contributed by atoms with E-state index in [9.17, 15) is 18.0 Å². The highest BCUT2D eigenvalue weighted by Crippen LogP contribution is 2.21. The van der Waals surface area contributed by atoms with Gasteiger partial charge in [-0.1, -0.05) is 23.7 Å². The molecule has 2 heterocycles. The first-order valence-corrected chi connectivity index (χ1v) is 11.6. The summed E-state index contributed by atoms with van der Waals surface area (Å²) < 4.78 is 32.4. The minimum atomic E-state index is -3.78. The highest BCUT2D eigenvalue weighted by Gasteiger charge is 2.31. The van der Waals surface area contributed by atoms with E-state index in [0.29, 0.717) is 39.4 Å². The second-order valence-electron chi connectivity index (χ2n) is 7.19. The average Bonchev–Trinajstić information content (AvgIpc) is 2.74. The SMILES string of the molecule is O=C(CCNS(=O)(=O)c1ccccc1Cl)N1CCCC(C(=O)N2CCOCC2)C1. The summed E-state index contributed by atoms with van der Waals surface area (Å²) in [6, 6.07) is 6.15. The summed E-state index contributed by atoms with van der Waals surface area (Å²) in [5, 5.41) is 0.131. The molecule has 0 aliphatic carbocycles. The maximum atomic E-state index is 12.7. The van der Waals surface area contributed by atoms with Gasteiger partial charge in [0, 0.05) is 39.1 Å². The van der Waals surface area contributed by atoms with Gasteiger partial charge in [0.1, 0.15) is 4.90 Å². The molecule has 8 nitrogen and oxygen atoms in total. The number of nitrogens with one attached hydrogen (secondary N) is 1. The monoisotopic (exact) mass is 443 g/mol. The summed E-state index contributed by atoms with van der Waals surface area (Å²) in [5.74, 6) is -0.290. The Kier molecular flexibility index (Phi) is 7.50. The summed E-state index contributed by atoms with van der Waals surface area (Å²) >= 11 is 5.94. The maximum Gasteiger partial charge on any atom is 0.242 e. The minimum absolute atomic E-state index is 0.0109. The van der Waals surface area contributed by atoms with Crippen LogP contribution in [0.2, 0.25) is 5.02 Å². The highest BCUT2D eigenvalue weighted by molar-refractivity contribution is 7.89. The molecule has 2 fully saturated rings. The van der Waals surface area contributed by atoms with Crippen molar-refractivity contribution in [3.05, 3.63) is 29.3 Å². The number of nitrogens with zero attached hydrogens (tertiary/aromatic N) is 2. The molecule has 0 spiro atoms. The van der Waals surface area contributed by atoms with Crippen LogP contribution in [-0.4, -0.2) is 76.0 Å². The number of hydrogen-bond acceptors (Lipinski definition) is 5. The molecular weight excluding hydrogens is 418 g/mol. The predicted molar refractivity (Wildman–Crippen MR) is 108 cm³/mol. The fourth-order valence-corrected chi connectivity index (χ4v) is 5.19. The van der Waals surface area contributed by atoms with Crippen LogP contribution in [0, 0.1) is 5.92 Å². The van der Waals surface area contributed by atoms with Crippen LogP contribution in [0.3, 0.4) is 0 Å². The smallest absolute Gasteiger partial charge is 0.242 e. The molecule has 2 aliphatic rings. The Morgan fingerprint density at radius 1 is 1.14 bits per heavy atom. The Balaban J connectivity index is 1.50. The number of halogens is 1. The van der Waals surface area contributed by atoms with E-state index in [1.165, 1.54) is 12.1 Å². The van der Waals surface area contributed by atoms with E-state index in [1.54, 1.807) is 21.9 Å². The van der Waals surface area contributed by atoms with Gasteiger partial charge in [0.05, 0.1) is 24.2 Å². The number of ether oxygens (including phenoxy) is 1. The average molecular weight is 444 g/mol. The molecule has 29 heavy (non-hydrogen) atoms. The summed E-state index contributed by atoms with van der Waals surface area (Å²) in [5.41, 5.74) is 0. The highest BCUT2D eigenvalue weighted by atomic mass is 35.5. The van der Waals surface area contributed by atoms with Crippen LogP contribution in [0.25, 0.3) is 0 Å². The first-order valence-electron chi connectivity index (χ1n) is 9.77. The zero-order valence-corrected chi connectivity index (χ0v) is 17.8. The molecule has 1 unspecified atom stereocenters.